The fraction of sp³-hybridized carbons (Fsp3) is 0.105. The molecule has 0 aliphatic rings. The van der Waals surface area contributed by atoms with Gasteiger partial charge in [-0.2, -0.15) is 4.98 Å². The minimum Gasteiger partial charge on any atom is -0.451 e. The number of nitrogens with one attached hydrogen (secondary N) is 1. The van der Waals surface area contributed by atoms with Crippen molar-refractivity contribution in [2.24, 2.45) is 0 Å². The first-order valence-corrected chi connectivity index (χ1v) is 8.33. The van der Waals surface area contributed by atoms with E-state index in [9.17, 15) is 4.79 Å². The van der Waals surface area contributed by atoms with Crippen LogP contribution in [0.3, 0.4) is 0 Å². The molecule has 7 heteroatoms. The Morgan fingerprint density at radius 3 is 2.77 bits per heavy atom. The number of benzene rings is 2. The summed E-state index contributed by atoms with van der Waals surface area (Å²) in [4.78, 5) is 19.6. The molecule has 0 radical (unpaired) electrons. The third-order valence-corrected chi connectivity index (χ3v) is 4.42. The Balaban J connectivity index is 1.50. The molecule has 130 valence electrons. The molecule has 0 amide bonds. The van der Waals surface area contributed by atoms with Gasteiger partial charge in [-0.3, -0.25) is 0 Å². The molecule has 0 unspecified atom stereocenters. The molecule has 0 saturated carbocycles. The number of para-hydroxylation sites is 1. The highest BCUT2D eigenvalue weighted by atomic mass is 35.5. The minimum absolute atomic E-state index is 0.136. The van der Waals surface area contributed by atoms with Crippen molar-refractivity contribution in [3.63, 3.8) is 0 Å². The maximum atomic E-state index is 12.3. The van der Waals surface area contributed by atoms with Crippen LogP contribution in [-0.2, 0) is 11.3 Å². The standard InChI is InChI=1S/C19H14ClN3O3/c1-11-6-2-3-7-12(11)18-22-15(26-23-18)10-25-19(24)17-16(20)13-8-4-5-9-14(13)21-17/h2-9,21H,10H2,1H3. The molecule has 2 heterocycles. The molecular weight excluding hydrogens is 354 g/mol. The molecule has 0 saturated heterocycles. The second kappa shape index (κ2) is 6.65. The van der Waals surface area contributed by atoms with Gasteiger partial charge in [-0.1, -0.05) is 59.2 Å². The van der Waals surface area contributed by atoms with Crippen molar-refractivity contribution in [1.82, 2.24) is 15.1 Å². The molecule has 2 aromatic heterocycles. The zero-order valence-corrected chi connectivity index (χ0v) is 14.6. The van der Waals surface area contributed by atoms with E-state index in [2.05, 4.69) is 15.1 Å². The van der Waals surface area contributed by atoms with Crippen LogP contribution in [0.25, 0.3) is 22.3 Å². The molecule has 2 aromatic carbocycles. The zero-order valence-electron chi connectivity index (χ0n) is 13.8. The third kappa shape index (κ3) is 2.95. The Hall–Kier alpha value is -3.12. The van der Waals surface area contributed by atoms with Gasteiger partial charge in [0, 0.05) is 16.5 Å². The number of aromatic amines is 1. The number of fused-ring (bicyclic) bond motifs is 1. The van der Waals surface area contributed by atoms with E-state index in [1.54, 1.807) is 0 Å². The van der Waals surface area contributed by atoms with Gasteiger partial charge in [0.05, 0.1) is 5.02 Å². The lowest BCUT2D eigenvalue weighted by Gasteiger charge is -2.00. The van der Waals surface area contributed by atoms with Crippen LogP contribution >= 0.6 is 11.6 Å². The van der Waals surface area contributed by atoms with Crippen molar-refractivity contribution in [1.29, 1.82) is 0 Å². The first-order valence-electron chi connectivity index (χ1n) is 7.95. The van der Waals surface area contributed by atoms with Gasteiger partial charge < -0.3 is 14.2 Å². The quantitative estimate of drug-likeness (QED) is 0.536. The van der Waals surface area contributed by atoms with Crippen LogP contribution in [0.2, 0.25) is 5.02 Å². The Kier molecular flexibility index (Phi) is 4.18. The van der Waals surface area contributed by atoms with Crippen molar-refractivity contribution in [2.45, 2.75) is 13.5 Å². The minimum atomic E-state index is -0.582. The molecule has 4 aromatic rings. The molecule has 0 bridgehead atoms. The summed E-state index contributed by atoms with van der Waals surface area (Å²) in [5.41, 5.74) is 2.87. The Bertz CT molecular complexity index is 1100. The highest BCUT2D eigenvalue weighted by molar-refractivity contribution is 6.38. The van der Waals surface area contributed by atoms with E-state index in [1.807, 2.05) is 55.5 Å². The van der Waals surface area contributed by atoms with E-state index < -0.39 is 5.97 Å². The number of hydrogen-bond acceptors (Lipinski definition) is 5. The largest absolute Gasteiger partial charge is 0.451 e. The van der Waals surface area contributed by atoms with E-state index in [0.717, 1.165) is 22.0 Å². The van der Waals surface area contributed by atoms with Gasteiger partial charge in [-0.15, -0.1) is 0 Å². The monoisotopic (exact) mass is 367 g/mol. The second-order valence-corrected chi connectivity index (χ2v) is 6.14. The summed E-state index contributed by atoms with van der Waals surface area (Å²) in [6, 6.07) is 15.1. The number of esters is 1. The van der Waals surface area contributed by atoms with Gasteiger partial charge >= 0.3 is 5.97 Å². The normalized spacial score (nSPS) is 11.0. The summed E-state index contributed by atoms with van der Waals surface area (Å²) in [6.07, 6.45) is 0. The third-order valence-electron chi connectivity index (χ3n) is 4.03. The summed E-state index contributed by atoms with van der Waals surface area (Å²) in [5.74, 6) is 0.0865. The number of carbonyl (C=O) groups is 1. The molecule has 0 aliphatic heterocycles. The van der Waals surface area contributed by atoms with Gasteiger partial charge in [0.1, 0.15) is 5.69 Å². The number of ether oxygens (including phenoxy) is 1. The fourth-order valence-corrected chi connectivity index (χ4v) is 2.98. The SMILES string of the molecule is Cc1ccccc1-c1noc(COC(=O)c2[nH]c3ccccc3c2Cl)n1. The maximum absolute atomic E-state index is 12.3. The molecule has 4 rings (SSSR count). The zero-order chi connectivity index (χ0) is 18.1. The van der Waals surface area contributed by atoms with E-state index >= 15 is 0 Å². The molecule has 6 nitrogen and oxygen atoms in total. The van der Waals surface area contributed by atoms with Crippen LogP contribution < -0.4 is 0 Å². The van der Waals surface area contributed by atoms with Gasteiger partial charge in [0.2, 0.25) is 5.82 Å². The van der Waals surface area contributed by atoms with Crippen LogP contribution in [0.4, 0.5) is 0 Å². The molecule has 0 aliphatic carbocycles. The Morgan fingerprint density at radius 1 is 1.19 bits per heavy atom. The van der Waals surface area contributed by atoms with Crippen molar-refractivity contribution in [3.8, 4) is 11.4 Å². The number of aromatic nitrogens is 3. The number of H-pyrrole nitrogens is 1. The molecular formula is C19H14ClN3O3. The summed E-state index contributed by atoms with van der Waals surface area (Å²) in [5, 5.41) is 5.03. The van der Waals surface area contributed by atoms with Crippen LogP contribution in [0, 0.1) is 6.92 Å². The summed E-state index contributed by atoms with van der Waals surface area (Å²) in [7, 11) is 0. The number of rotatable bonds is 4. The molecule has 0 fully saturated rings. The molecule has 26 heavy (non-hydrogen) atoms. The fourth-order valence-electron chi connectivity index (χ4n) is 2.69. The highest BCUT2D eigenvalue weighted by Gasteiger charge is 2.19. The smallest absolute Gasteiger partial charge is 0.356 e. The van der Waals surface area contributed by atoms with Crippen LogP contribution in [0.1, 0.15) is 21.9 Å². The second-order valence-electron chi connectivity index (χ2n) is 5.76. The van der Waals surface area contributed by atoms with Crippen LogP contribution in [-0.4, -0.2) is 21.1 Å². The number of halogens is 1. The first-order chi connectivity index (χ1) is 12.6. The Morgan fingerprint density at radius 2 is 1.96 bits per heavy atom. The van der Waals surface area contributed by atoms with Gasteiger partial charge in [0.25, 0.3) is 5.89 Å². The van der Waals surface area contributed by atoms with Crippen LogP contribution in [0.5, 0.6) is 0 Å². The molecule has 1 N–H and O–H groups in total. The predicted octanol–water partition coefficient (Wildman–Crippen LogP) is 4.54. The average molecular weight is 368 g/mol. The van der Waals surface area contributed by atoms with Gasteiger partial charge in [0.15, 0.2) is 6.61 Å². The average Bonchev–Trinajstić information content (AvgIpc) is 3.25. The summed E-state index contributed by atoms with van der Waals surface area (Å²) < 4.78 is 10.4. The lowest BCUT2D eigenvalue weighted by Crippen LogP contribution is -2.06. The lowest BCUT2D eigenvalue weighted by atomic mass is 10.1. The van der Waals surface area contributed by atoms with E-state index in [0.29, 0.717) is 10.8 Å². The number of carbonyl (C=O) groups excluding carboxylic acids is 1. The van der Waals surface area contributed by atoms with E-state index in [-0.39, 0.29) is 18.2 Å². The number of hydrogen-bond donors (Lipinski definition) is 1. The van der Waals surface area contributed by atoms with Crippen molar-refractivity contribution in [2.75, 3.05) is 0 Å². The topological polar surface area (TPSA) is 81.0 Å². The van der Waals surface area contributed by atoms with Gasteiger partial charge in [-0.25, -0.2) is 4.79 Å². The Labute approximate surface area is 153 Å². The highest BCUT2D eigenvalue weighted by Crippen LogP contribution is 2.28. The van der Waals surface area contributed by atoms with Crippen molar-refractivity contribution < 1.29 is 14.1 Å². The first kappa shape index (κ1) is 16.4. The van der Waals surface area contributed by atoms with E-state index in [1.165, 1.54) is 0 Å². The molecule has 0 spiro atoms. The van der Waals surface area contributed by atoms with Crippen LogP contribution in [0.15, 0.2) is 53.1 Å². The van der Waals surface area contributed by atoms with Gasteiger partial charge in [-0.05, 0) is 18.6 Å². The van der Waals surface area contributed by atoms with E-state index in [4.69, 9.17) is 20.9 Å². The summed E-state index contributed by atoms with van der Waals surface area (Å²) in [6.45, 7) is 1.83. The summed E-state index contributed by atoms with van der Waals surface area (Å²) >= 11 is 6.25. The van der Waals surface area contributed by atoms with Crippen molar-refractivity contribution in [3.05, 3.63) is 70.7 Å². The maximum Gasteiger partial charge on any atom is 0.356 e. The predicted molar refractivity (Wildman–Crippen MR) is 96.9 cm³/mol. The number of nitrogens with zero attached hydrogens (tertiary/aromatic N) is 2. The molecule has 0 atom stereocenters. The number of aryl methyl sites for hydroxylation is 1. The van der Waals surface area contributed by atoms with Crippen molar-refractivity contribution >= 4 is 28.5 Å². The lowest BCUT2D eigenvalue weighted by molar-refractivity contribution is 0.0424.